The molecule has 0 saturated carbocycles. The number of anilines is 1. The Hall–Kier alpha value is -3.13. The van der Waals surface area contributed by atoms with Gasteiger partial charge in [0.15, 0.2) is 6.17 Å². The summed E-state index contributed by atoms with van der Waals surface area (Å²) in [4.78, 5) is 15.8. The smallest absolute Gasteiger partial charge is 0.228 e. The van der Waals surface area contributed by atoms with E-state index < -0.39 is 5.82 Å². The van der Waals surface area contributed by atoms with Crippen LogP contribution in [-0.2, 0) is 11.2 Å². The molecule has 2 heterocycles. The number of para-hydroxylation sites is 1. The lowest BCUT2D eigenvalue weighted by Crippen LogP contribution is -2.24. The number of benzene rings is 2. The molecule has 4 rings (SSSR count). The van der Waals surface area contributed by atoms with E-state index in [1.807, 2.05) is 24.3 Å². The molecule has 1 amide bonds. The number of hydrogen-bond donors (Lipinski definition) is 4. The Balaban J connectivity index is 1.62. The van der Waals surface area contributed by atoms with Crippen LogP contribution in [0.4, 0.5) is 10.1 Å². The number of hydrogen-bond acceptors (Lipinski definition) is 5. The molecule has 0 radical (unpaired) electrons. The second kappa shape index (κ2) is 6.64. The van der Waals surface area contributed by atoms with Crippen LogP contribution < -0.4 is 16.2 Å². The summed E-state index contributed by atoms with van der Waals surface area (Å²) in [6.45, 7) is 0. The number of carbonyl (C=O) groups is 1. The maximum Gasteiger partial charge on any atom is 0.228 e. The number of aromatic nitrogens is 1. The number of fused-ring (bicyclic) bond motifs is 1. The van der Waals surface area contributed by atoms with Crippen molar-refractivity contribution in [2.75, 3.05) is 5.32 Å². The first kappa shape index (κ1) is 16.3. The van der Waals surface area contributed by atoms with Gasteiger partial charge in [-0.2, -0.15) is 0 Å². The maximum atomic E-state index is 13.3. The van der Waals surface area contributed by atoms with E-state index in [-0.39, 0.29) is 23.5 Å². The van der Waals surface area contributed by atoms with E-state index in [2.05, 4.69) is 31.6 Å². The average molecular weight is 373 g/mol. The number of aromatic amines is 1. The normalized spacial score (nSPS) is 13.6. The van der Waals surface area contributed by atoms with Gasteiger partial charge in [-0.15, -0.1) is 0 Å². The molecule has 9 heteroatoms. The van der Waals surface area contributed by atoms with Crippen molar-refractivity contribution in [3.05, 3.63) is 64.6 Å². The van der Waals surface area contributed by atoms with Crippen LogP contribution in [0, 0.1) is 5.82 Å². The Morgan fingerprint density at radius 3 is 2.73 bits per heavy atom. The molecule has 0 spiro atoms. The van der Waals surface area contributed by atoms with Gasteiger partial charge in [0.1, 0.15) is 5.82 Å². The molecule has 0 bridgehead atoms. The minimum absolute atomic E-state index is 0.0434. The molecule has 4 N–H and O–H groups in total. The van der Waals surface area contributed by atoms with Crippen molar-refractivity contribution < 1.29 is 9.18 Å². The maximum absolute atomic E-state index is 13.3. The van der Waals surface area contributed by atoms with Gasteiger partial charge in [0.25, 0.3) is 0 Å². The summed E-state index contributed by atoms with van der Waals surface area (Å²) in [5, 5.41) is 11.1. The first-order chi connectivity index (χ1) is 12.6. The number of nitrogens with one attached hydrogen (secondary N) is 4. The van der Waals surface area contributed by atoms with Gasteiger partial charge >= 0.3 is 0 Å². The largest absolute Gasteiger partial charge is 0.355 e. The van der Waals surface area contributed by atoms with Crippen molar-refractivity contribution in [3.8, 4) is 0 Å². The highest BCUT2D eigenvalue weighted by atomic mass is 35.5. The van der Waals surface area contributed by atoms with Crippen LogP contribution in [0.1, 0.15) is 17.4 Å². The number of amides is 1. The van der Waals surface area contributed by atoms with Crippen molar-refractivity contribution in [1.29, 1.82) is 0 Å². The fourth-order valence-corrected chi connectivity index (χ4v) is 3.11. The molecule has 7 nitrogen and oxygen atoms in total. The Morgan fingerprint density at radius 1 is 1.19 bits per heavy atom. The van der Waals surface area contributed by atoms with Crippen molar-refractivity contribution in [1.82, 2.24) is 15.8 Å². The second-order valence-corrected chi connectivity index (χ2v) is 6.22. The Kier molecular flexibility index (Phi) is 4.18. The summed E-state index contributed by atoms with van der Waals surface area (Å²) in [5.41, 5.74) is 8.62. The second-order valence-electron chi connectivity index (χ2n) is 5.81. The molecule has 1 aliphatic rings. The molecule has 132 valence electrons. The average Bonchev–Trinajstić information content (AvgIpc) is 3.26. The quantitative estimate of drug-likeness (QED) is 0.563. The zero-order valence-electron chi connectivity index (χ0n) is 13.4. The molecule has 1 aromatic heterocycles. The third-order valence-electron chi connectivity index (χ3n) is 4.10. The minimum atomic E-state index is -0.533. The summed E-state index contributed by atoms with van der Waals surface area (Å²) in [6.07, 6.45) is -0.223. The first-order valence-corrected chi connectivity index (χ1v) is 8.25. The molecule has 0 fully saturated rings. The van der Waals surface area contributed by atoms with Crippen LogP contribution in [0.3, 0.4) is 0 Å². The molecule has 0 atom stereocenters. The Labute approximate surface area is 152 Å². The molecule has 0 unspecified atom stereocenters. The summed E-state index contributed by atoms with van der Waals surface area (Å²) in [5.74, 6) is -0.778. The van der Waals surface area contributed by atoms with Crippen LogP contribution in [0.2, 0.25) is 5.02 Å². The lowest BCUT2D eigenvalue weighted by Gasteiger charge is -2.11. The van der Waals surface area contributed by atoms with Crippen LogP contribution in [0.15, 0.2) is 52.9 Å². The summed E-state index contributed by atoms with van der Waals surface area (Å²) in [7, 11) is 0. The molecule has 1 aliphatic heterocycles. The molecule has 0 saturated heterocycles. The van der Waals surface area contributed by atoms with Gasteiger partial charge in [0.2, 0.25) is 5.91 Å². The summed E-state index contributed by atoms with van der Waals surface area (Å²) in [6, 6.07) is 11.8. The van der Waals surface area contributed by atoms with Gasteiger partial charge in [-0.1, -0.05) is 40.2 Å². The standard InChI is InChI=1S/C17H14ClFN6O/c18-12-7-9(5-6-13(12)19)20-15(26)8-11-10-3-1-2-4-14(10)21-16(11)17-22-24-25-23-17/h1-7,17,21H,8H2,(H,20,26)(H,22,25)(H,23,24). The van der Waals surface area contributed by atoms with E-state index in [0.29, 0.717) is 5.69 Å². The van der Waals surface area contributed by atoms with E-state index in [4.69, 9.17) is 11.6 Å². The zero-order chi connectivity index (χ0) is 18.1. The SMILES string of the molecule is O=C(Cc1c(C2NN=NN2)[nH]c2ccccc12)Nc1ccc(F)c(Cl)c1. The van der Waals surface area contributed by atoms with Gasteiger partial charge in [0.05, 0.1) is 17.1 Å². The third kappa shape index (κ3) is 3.06. The Bertz CT molecular complexity index is 1010. The number of H-pyrrole nitrogens is 1. The highest BCUT2D eigenvalue weighted by molar-refractivity contribution is 6.31. The van der Waals surface area contributed by atoms with Crippen molar-refractivity contribution in [3.63, 3.8) is 0 Å². The monoisotopic (exact) mass is 372 g/mol. The van der Waals surface area contributed by atoms with Crippen molar-refractivity contribution in [2.24, 2.45) is 10.4 Å². The lowest BCUT2D eigenvalue weighted by molar-refractivity contribution is -0.115. The Morgan fingerprint density at radius 2 is 1.96 bits per heavy atom. The molecular formula is C17H14ClFN6O. The van der Waals surface area contributed by atoms with Crippen LogP contribution in [0.5, 0.6) is 0 Å². The number of halogens is 2. The molecule has 2 aromatic carbocycles. The van der Waals surface area contributed by atoms with E-state index in [0.717, 1.165) is 22.2 Å². The lowest BCUT2D eigenvalue weighted by atomic mass is 10.1. The highest BCUT2D eigenvalue weighted by Crippen LogP contribution is 2.28. The minimum Gasteiger partial charge on any atom is -0.355 e. The zero-order valence-corrected chi connectivity index (χ0v) is 14.1. The number of rotatable bonds is 4. The number of carbonyl (C=O) groups excluding carboxylic acids is 1. The molecule has 0 aliphatic carbocycles. The van der Waals surface area contributed by atoms with Gasteiger partial charge < -0.3 is 10.3 Å². The van der Waals surface area contributed by atoms with Gasteiger partial charge in [-0.05, 0) is 29.8 Å². The van der Waals surface area contributed by atoms with Crippen molar-refractivity contribution >= 4 is 34.1 Å². The molecule has 3 aromatic rings. The van der Waals surface area contributed by atoms with Crippen LogP contribution >= 0.6 is 11.6 Å². The fourth-order valence-electron chi connectivity index (χ4n) is 2.93. The topological polar surface area (TPSA) is 93.7 Å². The highest BCUT2D eigenvalue weighted by Gasteiger charge is 2.23. The van der Waals surface area contributed by atoms with Crippen LogP contribution in [-0.4, -0.2) is 10.9 Å². The summed E-state index contributed by atoms with van der Waals surface area (Å²) >= 11 is 5.76. The van der Waals surface area contributed by atoms with Crippen molar-refractivity contribution in [2.45, 2.75) is 12.6 Å². The van der Waals surface area contributed by atoms with Gasteiger partial charge in [0, 0.05) is 16.6 Å². The predicted octanol–water partition coefficient (Wildman–Crippen LogP) is 3.62. The van der Waals surface area contributed by atoms with E-state index >= 15 is 0 Å². The van der Waals surface area contributed by atoms with E-state index in [9.17, 15) is 9.18 Å². The first-order valence-electron chi connectivity index (χ1n) is 7.87. The summed E-state index contributed by atoms with van der Waals surface area (Å²) < 4.78 is 13.3. The van der Waals surface area contributed by atoms with Crippen LogP contribution in [0.25, 0.3) is 10.9 Å². The van der Waals surface area contributed by atoms with E-state index in [1.54, 1.807) is 0 Å². The number of nitrogens with zero attached hydrogens (tertiary/aromatic N) is 2. The molecular weight excluding hydrogens is 359 g/mol. The predicted molar refractivity (Wildman–Crippen MR) is 95.9 cm³/mol. The third-order valence-corrected chi connectivity index (χ3v) is 4.39. The molecule has 26 heavy (non-hydrogen) atoms. The van der Waals surface area contributed by atoms with Gasteiger partial charge in [-0.25, -0.2) is 4.39 Å². The fraction of sp³-hybridized carbons (Fsp3) is 0.118. The van der Waals surface area contributed by atoms with E-state index in [1.165, 1.54) is 18.2 Å². The van der Waals surface area contributed by atoms with Gasteiger partial charge in [-0.3, -0.25) is 15.6 Å².